The van der Waals surface area contributed by atoms with Crippen LogP contribution in [0.1, 0.15) is 32.7 Å². The van der Waals surface area contributed by atoms with E-state index in [0.29, 0.717) is 11.1 Å². The number of carbonyl (C=O) groups excluding carboxylic acids is 2. The van der Waals surface area contributed by atoms with Crippen molar-refractivity contribution in [3.63, 3.8) is 0 Å². The monoisotopic (exact) mass is 441 g/mol. The summed E-state index contributed by atoms with van der Waals surface area (Å²) in [4.78, 5) is 29.2. The Kier molecular flexibility index (Phi) is 4.65. The minimum atomic E-state index is -3.89. The molecule has 2 bridgehead atoms. The van der Waals surface area contributed by atoms with E-state index in [0.717, 1.165) is 5.56 Å². The van der Waals surface area contributed by atoms with Gasteiger partial charge in [-0.1, -0.05) is 29.8 Å². The van der Waals surface area contributed by atoms with Crippen LogP contribution in [0, 0.1) is 6.92 Å². The number of sulfonamides is 1. The minimum absolute atomic E-state index is 0.0706. The van der Waals surface area contributed by atoms with Gasteiger partial charge in [0.1, 0.15) is 6.10 Å². The number of aryl methyl sites for hydroxylation is 1. The predicted molar refractivity (Wildman–Crippen MR) is 109 cm³/mol. The lowest BCUT2D eigenvalue weighted by Crippen LogP contribution is -2.52. The van der Waals surface area contributed by atoms with Crippen molar-refractivity contribution in [3.05, 3.63) is 65.2 Å². The maximum Gasteiger partial charge on any atom is 0.276 e. The number of nitrogens with zero attached hydrogens (tertiary/aromatic N) is 2. The Bertz CT molecular complexity index is 1170. The highest BCUT2D eigenvalue weighted by atomic mass is 32.2. The van der Waals surface area contributed by atoms with E-state index in [1.165, 1.54) is 17.0 Å². The highest BCUT2D eigenvalue weighted by molar-refractivity contribution is 7.89. The fourth-order valence-corrected chi connectivity index (χ4v) is 4.83. The maximum atomic E-state index is 12.9. The molecule has 0 radical (unpaired) electrons. The molecular formula is C21H19N3O6S. The molecule has 0 aromatic heterocycles. The zero-order chi connectivity index (χ0) is 21.8. The van der Waals surface area contributed by atoms with E-state index < -0.39 is 40.3 Å². The van der Waals surface area contributed by atoms with E-state index in [4.69, 9.17) is 9.47 Å². The lowest BCUT2D eigenvalue weighted by Gasteiger charge is -2.33. The third-order valence-corrected chi connectivity index (χ3v) is 6.85. The summed E-state index contributed by atoms with van der Waals surface area (Å²) in [6, 6.07) is 12.3. The van der Waals surface area contributed by atoms with Crippen LogP contribution in [-0.4, -0.2) is 55.9 Å². The molecule has 0 saturated carbocycles. The standard InChI is InChI=1S/C21H19N3O6S/c1-12-6-8-13(9-7-12)31(27,28)23-22-16-10-17(18-11-29-21(16)30-18)24-19(25)14-4-2-3-5-15(14)20(24)26/h2-9,17-18,21,23H,10-11H2,1H3/b22-16+/t17-,18+,21-/m0/s1. The molecule has 160 valence electrons. The highest BCUT2D eigenvalue weighted by Crippen LogP contribution is 2.34. The number of hydrazone groups is 1. The van der Waals surface area contributed by atoms with Crippen LogP contribution in [0.5, 0.6) is 0 Å². The molecule has 2 aromatic carbocycles. The van der Waals surface area contributed by atoms with Crippen molar-refractivity contribution in [2.75, 3.05) is 6.61 Å². The van der Waals surface area contributed by atoms with Crippen LogP contribution < -0.4 is 4.83 Å². The maximum absolute atomic E-state index is 12.9. The summed E-state index contributed by atoms with van der Waals surface area (Å²) in [5.74, 6) is -0.807. The lowest BCUT2D eigenvalue weighted by molar-refractivity contribution is -0.0376. The van der Waals surface area contributed by atoms with Crippen LogP contribution in [0.3, 0.4) is 0 Å². The van der Waals surface area contributed by atoms with Crippen molar-refractivity contribution in [2.24, 2.45) is 5.10 Å². The van der Waals surface area contributed by atoms with Crippen LogP contribution in [0.4, 0.5) is 0 Å². The second kappa shape index (κ2) is 7.26. The molecule has 2 amide bonds. The number of nitrogens with one attached hydrogen (secondary N) is 1. The Labute approximate surface area is 178 Å². The van der Waals surface area contributed by atoms with Gasteiger partial charge in [0, 0.05) is 6.42 Å². The van der Waals surface area contributed by atoms with Crippen LogP contribution in [0.15, 0.2) is 58.5 Å². The zero-order valence-corrected chi connectivity index (χ0v) is 17.3. The Morgan fingerprint density at radius 3 is 2.32 bits per heavy atom. The van der Waals surface area contributed by atoms with E-state index in [2.05, 4.69) is 9.93 Å². The second-order valence-corrected chi connectivity index (χ2v) is 9.31. The Balaban J connectivity index is 1.40. The summed E-state index contributed by atoms with van der Waals surface area (Å²) in [5, 5.41) is 4.03. The van der Waals surface area contributed by atoms with Gasteiger partial charge in [0.2, 0.25) is 0 Å². The molecule has 2 saturated heterocycles. The smallest absolute Gasteiger partial charge is 0.276 e. The summed E-state index contributed by atoms with van der Waals surface area (Å²) in [7, 11) is -3.89. The molecule has 3 atom stereocenters. The van der Waals surface area contributed by atoms with Crippen molar-refractivity contribution in [1.29, 1.82) is 0 Å². The molecule has 2 aromatic rings. The summed E-state index contributed by atoms with van der Waals surface area (Å²) >= 11 is 0. The van der Waals surface area contributed by atoms with E-state index in [1.807, 2.05) is 6.92 Å². The second-order valence-electron chi connectivity index (χ2n) is 7.65. The molecule has 10 heteroatoms. The summed E-state index contributed by atoms with van der Waals surface area (Å²) < 4.78 is 36.5. The summed E-state index contributed by atoms with van der Waals surface area (Å²) in [5.41, 5.74) is 1.88. The Morgan fingerprint density at radius 1 is 1.03 bits per heavy atom. The number of ether oxygens (including phenoxy) is 2. The van der Waals surface area contributed by atoms with Gasteiger partial charge < -0.3 is 9.47 Å². The van der Waals surface area contributed by atoms with Gasteiger partial charge in [0.25, 0.3) is 21.8 Å². The number of amides is 2. The van der Waals surface area contributed by atoms with Gasteiger partial charge in [-0.05, 0) is 31.2 Å². The van der Waals surface area contributed by atoms with Gasteiger partial charge in [-0.15, -0.1) is 0 Å². The minimum Gasteiger partial charge on any atom is -0.344 e. The van der Waals surface area contributed by atoms with Crippen LogP contribution >= 0.6 is 0 Å². The van der Waals surface area contributed by atoms with Gasteiger partial charge in [-0.25, -0.2) is 0 Å². The van der Waals surface area contributed by atoms with Crippen molar-refractivity contribution < 1.29 is 27.5 Å². The molecule has 9 nitrogen and oxygen atoms in total. The number of rotatable bonds is 4. The first-order chi connectivity index (χ1) is 14.8. The Morgan fingerprint density at radius 2 is 1.68 bits per heavy atom. The molecule has 0 aliphatic carbocycles. The average Bonchev–Trinajstić information content (AvgIpc) is 3.29. The molecule has 2 fully saturated rings. The largest absolute Gasteiger partial charge is 0.344 e. The molecule has 31 heavy (non-hydrogen) atoms. The van der Waals surface area contributed by atoms with Crippen molar-refractivity contribution in [1.82, 2.24) is 9.73 Å². The molecule has 5 rings (SSSR count). The molecule has 3 heterocycles. The highest BCUT2D eigenvalue weighted by Gasteiger charge is 2.50. The lowest BCUT2D eigenvalue weighted by atomic mass is 10.0. The van der Waals surface area contributed by atoms with Gasteiger partial charge in [-0.2, -0.15) is 18.4 Å². The number of imide groups is 1. The predicted octanol–water partition coefficient (Wildman–Crippen LogP) is 1.44. The third-order valence-electron chi connectivity index (χ3n) is 5.63. The van der Waals surface area contributed by atoms with Gasteiger partial charge in [0.05, 0.1) is 34.4 Å². The van der Waals surface area contributed by atoms with E-state index >= 15 is 0 Å². The molecule has 1 N–H and O–H groups in total. The average molecular weight is 441 g/mol. The first-order valence-electron chi connectivity index (χ1n) is 9.74. The number of benzene rings is 2. The summed E-state index contributed by atoms with van der Waals surface area (Å²) in [6.07, 6.45) is -1.17. The fourth-order valence-electron chi connectivity index (χ4n) is 3.99. The third kappa shape index (κ3) is 3.32. The van der Waals surface area contributed by atoms with Crippen molar-refractivity contribution in [3.8, 4) is 0 Å². The van der Waals surface area contributed by atoms with Crippen LogP contribution in [0.25, 0.3) is 0 Å². The first kappa shape index (κ1) is 19.9. The SMILES string of the molecule is Cc1ccc(S(=O)(=O)N/N=C2\C[C@H](N3C(=O)c4ccccc4C3=O)[C@H]3CO[C@H]2O3)cc1. The normalized spacial score (nSPS) is 26.4. The number of hydrogen-bond donors (Lipinski definition) is 1. The van der Waals surface area contributed by atoms with Crippen LogP contribution in [0.2, 0.25) is 0 Å². The van der Waals surface area contributed by atoms with E-state index in [1.54, 1.807) is 36.4 Å². The Hall–Kier alpha value is -3.08. The van der Waals surface area contributed by atoms with Crippen molar-refractivity contribution >= 4 is 27.5 Å². The summed E-state index contributed by atoms with van der Waals surface area (Å²) in [6.45, 7) is 2.03. The number of carbonyl (C=O) groups is 2. The molecule has 3 aliphatic rings. The molecule has 0 spiro atoms. The van der Waals surface area contributed by atoms with E-state index in [-0.39, 0.29) is 23.6 Å². The molecular weight excluding hydrogens is 422 g/mol. The van der Waals surface area contributed by atoms with Gasteiger partial charge in [0.15, 0.2) is 6.29 Å². The van der Waals surface area contributed by atoms with Crippen molar-refractivity contribution in [2.45, 2.75) is 36.7 Å². The number of fused-ring (bicyclic) bond motifs is 3. The van der Waals surface area contributed by atoms with Gasteiger partial charge in [-0.3, -0.25) is 14.5 Å². The topological polar surface area (TPSA) is 114 Å². The fraction of sp³-hybridized carbons (Fsp3) is 0.286. The van der Waals surface area contributed by atoms with Gasteiger partial charge >= 0.3 is 0 Å². The molecule has 3 aliphatic heterocycles. The quantitative estimate of drug-likeness (QED) is 0.567. The zero-order valence-electron chi connectivity index (χ0n) is 16.5. The van der Waals surface area contributed by atoms with Crippen LogP contribution in [-0.2, 0) is 19.5 Å². The molecule has 0 unspecified atom stereocenters. The first-order valence-corrected chi connectivity index (χ1v) is 11.2. The number of hydrogen-bond acceptors (Lipinski definition) is 7. The van der Waals surface area contributed by atoms with E-state index in [9.17, 15) is 18.0 Å².